The lowest BCUT2D eigenvalue weighted by Crippen LogP contribution is -2.55. The fraction of sp³-hybridized carbons (Fsp3) is 0.824. The fourth-order valence-electron chi connectivity index (χ4n) is 2.02. The molecule has 0 aliphatic rings. The number of methoxy groups -OCH3 is 1. The highest BCUT2D eigenvalue weighted by Crippen LogP contribution is 2.12. The largest absolute Gasteiger partial charge is 0.467 e. The Morgan fingerprint density at radius 1 is 1.16 bits per heavy atom. The molecule has 0 saturated heterocycles. The number of thioether (sulfide) groups is 1. The van der Waals surface area contributed by atoms with Gasteiger partial charge in [-0.3, -0.25) is 4.79 Å². The molecule has 2 N–H and O–H groups in total. The van der Waals surface area contributed by atoms with Crippen molar-refractivity contribution in [3.8, 4) is 0 Å². The molecule has 0 aromatic carbocycles. The molecule has 2 amide bonds. The van der Waals surface area contributed by atoms with Crippen molar-refractivity contribution in [2.45, 2.75) is 65.1 Å². The van der Waals surface area contributed by atoms with E-state index in [0.29, 0.717) is 18.6 Å². The van der Waals surface area contributed by atoms with Crippen LogP contribution in [0.2, 0.25) is 0 Å². The molecular formula is C17H32N2O5S. The van der Waals surface area contributed by atoms with E-state index < -0.39 is 35.7 Å². The van der Waals surface area contributed by atoms with Crippen LogP contribution < -0.4 is 10.6 Å². The standard InChI is InChI=1S/C17H32N2O5S/c1-8-11(2)13(19-16(22)24-17(3,4)5)14(20)18-12(9-10-25-7)15(21)23-6/h11-13H,8-10H2,1-7H3,(H,18,20)(H,19,22)/t11-,12-,13+/m0/s1. The maximum absolute atomic E-state index is 12.6. The summed E-state index contributed by atoms with van der Waals surface area (Å²) < 4.78 is 9.98. The van der Waals surface area contributed by atoms with Crippen molar-refractivity contribution in [2.24, 2.45) is 5.92 Å². The zero-order valence-corrected chi connectivity index (χ0v) is 17.1. The summed E-state index contributed by atoms with van der Waals surface area (Å²) in [5.74, 6) is -0.335. The van der Waals surface area contributed by atoms with Gasteiger partial charge in [-0.05, 0) is 45.1 Å². The molecule has 3 atom stereocenters. The van der Waals surface area contributed by atoms with Crippen LogP contribution in [0.1, 0.15) is 47.5 Å². The first-order chi connectivity index (χ1) is 11.6. The minimum absolute atomic E-state index is 0.119. The molecule has 7 nitrogen and oxygen atoms in total. The Morgan fingerprint density at radius 3 is 2.20 bits per heavy atom. The molecule has 146 valence electrons. The first-order valence-electron chi connectivity index (χ1n) is 8.42. The van der Waals surface area contributed by atoms with Crippen molar-refractivity contribution in [3.63, 3.8) is 0 Å². The summed E-state index contributed by atoms with van der Waals surface area (Å²) >= 11 is 1.57. The molecule has 0 bridgehead atoms. The number of amides is 2. The molecule has 0 heterocycles. The molecule has 0 aliphatic carbocycles. The van der Waals surface area contributed by atoms with Crippen LogP contribution >= 0.6 is 11.8 Å². The highest BCUT2D eigenvalue weighted by atomic mass is 32.2. The topological polar surface area (TPSA) is 93.7 Å². The van der Waals surface area contributed by atoms with Crippen LogP contribution in [0.5, 0.6) is 0 Å². The molecule has 0 unspecified atom stereocenters. The third kappa shape index (κ3) is 9.57. The van der Waals surface area contributed by atoms with E-state index in [4.69, 9.17) is 9.47 Å². The molecule has 25 heavy (non-hydrogen) atoms. The van der Waals surface area contributed by atoms with Gasteiger partial charge in [0.2, 0.25) is 5.91 Å². The van der Waals surface area contributed by atoms with Crippen molar-refractivity contribution >= 4 is 29.7 Å². The summed E-state index contributed by atoms with van der Waals surface area (Å²) in [6.45, 7) is 9.03. The summed E-state index contributed by atoms with van der Waals surface area (Å²) in [4.78, 5) is 36.5. The smallest absolute Gasteiger partial charge is 0.408 e. The minimum atomic E-state index is -0.790. The van der Waals surface area contributed by atoms with Crippen LogP contribution in [-0.2, 0) is 19.1 Å². The van der Waals surface area contributed by atoms with Crippen LogP contribution in [0.4, 0.5) is 4.79 Å². The van der Waals surface area contributed by atoms with E-state index in [0.717, 1.165) is 0 Å². The van der Waals surface area contributed by atoms with Gasteiger partial charge in [-0.1, -0.05) is 20.3 Å². The van der Waals surface area contributed by atoms with E-state index in [1.165, 1.54) is 7.11 Å². The Labute approximate surface area is 155 Å². The van der Waals surface area contributed by atoms with Gasteiger partial charge in [0, 0.05) is 0 Å². The highest BCUT2D eigenvalue weighted by Gasteiger charge is 2.31. The molecule has 0 fully saturated rings. The number of carbonyl (C=O) groups is 3. The maximum Gasteiger partial charge on any atom is 0.408 e. The van der Waals surface area contributed by atoms with Crippen molar-refractivity contribution in [3.05, 3.63) is 0 Å². The number of ether oxygens (including phenoxy) is 2. The summed E-state index contributed by atoms with van der Waals surface area (Å²) in [5.41, 5.74) is -0.659. The van der Waals surface area contributed by atoms with Gasteiger partial charge in [-0.25, -0.2) is 9.59 Å². The van der Waals surface area contributed by atoms with E-state index >= 15 is 0 Å². The quantitative estimate of drug-likeness (QED) is 0.600. The molecule has 0 saturated carbocycles. The van der Waals surface area contributed by atoms with Crippen molar-refractivity contribution < 1.29 is 23.9 Å². The van der Waals surface area contributed by atoms with Gasteiger partial charge < -0.3 is 20.1 Å². The summed E-state index contributed by atoms with van der Waals surface area (Å²) in [6.07, 6.45) is 2.40. The first-order valence-corrected chi connectivity index (χ1v) is 9.81. The number of rotatable bonds is 9. The summed E-state index contributed by atoms with van der Waals surface area (Å²) in [5, 5.41) is 5.30. The van der Waals surface area contributed by atoms with Gasteiger partial charge in [0.05, 0.1) is 7.11 Å². The zero-order chi connectivity index (χ0) is 19.6. The van der Waals surface area contributed by atoms with Crippen LogP contribution in [0, 0.1) is 5.92 Å². The Morgan fingerprint density at radius 2 is 1.76 bits per heavy atom. The van der Waals surface area contributed by atoms with Gasteiger partial charge >= 0.3 is 12.1 Å². The monoisotopic (exact) mass is 376 g/mol. The van der Waals surface area contributed by atoms with Gasteiger partial charge in [-0.15, -0.1) is 0 Å². The molecular weight excluding hydrogens is 344 g/mol. The zero-order valence-electron chi connectivity index (χ0n) is 16.3. The second kappa shape index (κ2) is 11.2. The van der Waals surface area contributed by atoms with E-state index in [9.17, 15) is 14.4 Å². The lowest BCUT2D eigenvalue weighted by Gasteiger charge is -2.27. The molecule has 0 spiro atoms. The fourth-order valence-corrected chi connectivity index (χ4v) is 2.50. The number of hydrogen-bond donors (Lipinski definition) is 2. The van der Waals surface area contributed by atoms with Crippen LogP contribution in [0.3, 0.4) is 0 Å². The molecule has 0 rings (SSSR count). The molecule has 0 radical (unpaired) electrons. The van der Waals surface area contributed by atoms with Crippen molar-refractivity contribution in [1.82, 2.24) is 10.6 Å². The number of nitrogens with one attached hydrogen (secondary N) is 2. The normalized spacial score (nSPS) is 14.8. The predicted octanol–water partition coefficient (Wildman–Crippen LogP) is 2.34. The van der Waals surface area contributed by atoms with Crippen molar-refractivity contribution in [1.29, 1.82) is 0 Å². The van der Waals surface area contributed by atoms with Crippen LogP contribution in [0.25, 0.3) is 0 Å². The Kier molecular flexibility index (Phi) is 10.6. The summed E-state index contributed by atoms with van der Waals surface area (Å²) in [7, 11) is 1.28. The van der Waals surface area contributed by atoms with E-state index in [2.05, 4.69) is 10.6 Å². The average molecular weight is 377 g/mol. The molecule has 8 heteroatoms. The predicted molar refractivity (Wildman–Crippen MR) is 99.6 cm³/mol. The summed E-state index contributed by atoms with van der Waals surface area (Å²) in [6, 6.07) is -1.53. The maximum atomic E-state index is 12.6. The van der Waals surface area contributed by atoms with E-state index in [1.54, 1.807) is 32.5 Å². The lowest BCUT2D eigenvalue weighted by molar-refractivity contribution is -0.145. The molecule has 0 aliphatic heterocycles. The Hall–Kier alpha value is -1.44. The number of alkyl carbamates (subject to hydrolysis) is 1. The van der Waals surface area contributed by atoms with Crippen LogP contribution in [-0.4, -0.2) is 54.8 Å². The van der Waals surface area contributed by atoms with Crippen molar-refractivity contribution in [2.75, 3.05) is 19.1 Å². The molecule has 0 aromatic rings. The van der Waals surface area contributed by atoms with Gasteiger partial charge in [0.15, 0.2) is 0 Å². The third-order valence-corrected chi connectivity index (χ3v) is 4.22. The van der Waals surface area contributed by atoms with E-state index in [1.807, 2.05) is 20.1 Å². The second-order valence-corrected chi connectivity index (χ2v) is 7.86. The number of carbonyl (C=O) groups excluding carboxylic acids is 3. The Bertz CT molecular complexity index is 451. The SMILES string of the molecule is CC[C@H](C)[C@@H](NC(=O)OC(C)(C)C)C(=O)N[C@@H](CCSC)C(=O)OC. The average Bonchev–Trinajstić information content (AvgIpc) is 2.53. The van der Waals surface area contributed by atoms with Gasteiger partial charge in [-0.2, -0.15) is 11.8 Å². The van der Waals surface area contributed by atoms with E-state index in [-0.39, 0.29) is 5.92 Å². The van der Waals surface area contributed by atoms with Gasteiger partial charge in [0.25, 0.3) is 0 Å². The number of hydrogen-bond acceptors (Lipinski definition) is 6. The molecule has 0 aromatic heterocycles. The first kappa shape index (κ1) is 23.6. The minimum Gasteiger partial charge on any atom is -0.467 e. The second-order valence-electron chi connectivity index (χ2n) is 6.88. The third-order valence-electron chi connectivity index (χ3n) is 3.58. The highest BCUT2D eigenvalue weighted by molar-refractivity contribution is 7.98. The van der Waals surface area contributed by atoms with Gasteiger partial charge in [0.1, 0.15) is 17.7 Å². The Balaban J connectivity index is 5.08. The number of esters is 1. The lowest BCUT2D eigenvalue weighted by atomic mass is 9.98. The van der Waals surface area contributed by atoms with Crippen LogP contribution in [0.15, 0.2) is 0 Å².